The van der Waals surface area contributed by atoms with E-state index in [0.717, 1.165) is 5.56 Å². The van der Waals surface area contributed by atoms with Gasteiger partial charge in [-0.15, -0.1) is 0 Å². The highest BCUT2D eigenvalue weighted by atomic mass is 16.5. The standard InChI is InChI=1S/C27H22O7/c1-30-20-14-22(32-3)21(31-2)11-16(20)12-23-26(29)17-9-10-19-25(27(17)34-23)18(13-24(28)33-19)15-7-5-4-6-8-15/h4-12,14,18H,13H2,1-3H3/b23-12-. The number of fused-ring (bicyclic) bond motifs is 3. The SMILES string of the molecule is COc1cc(OC)c(OC)cc1/C=C1\Oc2c(ccc3c2C(c2ccccc2)CC(=O)O3)C1=O. The average Bonchev–Trinajstić information content (AvgIpc) is 3.18. The Bertz CT molecular complexity index is 1320. The first-order valence-corrected chi connectivity index (χ1v) is 10.7. The molecule has 0 fully saturated rings. The highest BCUT2D eigenvalue weighted by molar-refractivity contribution is 6.15. The summed E-state index contributed by atoms with van der Waals surface area (Å²) in [4.78, 5) is 25.6. The number of methoxy groups -OCH3 is 3. The first-order valence-electron chi connectivity index (χ1n) is 10.7. The third-order valence-electron chi connectivity index (χ3n) is 6.00. The van der Waals surface area contributed by atoms with Crippen molar-refractivity contribution in [1.29, 1.82) is 0 Å². The number of Topliss-reactive ketones (excluding diaryl/α,β-unsaturated/α-hetero) is 1. The summed E-state index contributed by atoms with van der Waals surface area (Å²) in [6.45, 7) is 0. The number of rotatable bonds is 5. The number of hydrogen-bond donors (Lipinski definition) is 0. The number of hydrogen-bond acceptors (Lipinski definition) is 7. The maximum absolute atomic E-state index is 13.3. The maximum Gasteiger partial charge on any atom is 0.312 e. The summed E-state index contributed by atoms with van der Waals surface area (Å²) in [5, 5.41) is 0. The van der Waals surface area contributed by atoms with Crippen LogP contribution < -0.4 is 23.7 Å². The minimum atomic E-state index is -0.323. The van der Waals surface area contributed by atoms with Crippen molar-refractivity contribution >= 4 is 17.8 Å². The van der Waals surface area contributed by atoms with Crippen molar-refractivity contribution < 1.29 is 33.3 Å². The number of carbonyl (C=O) groups excluding carboxylic acids is 2. The van der Waals surface area contributed by atoms with Crippen molar-refractivity contribution in [3.8, 4) is 28.7 Å². The molecule has 2 aliphatic heterocycles. The minimum Gasteiger partial charge on any atom is -0.496 e. The molecule has 2 heterocycles. The fourth-order valence-corrected chi connectivity index (χ4v) is 4.38. The zero-order valence-corrected chi connectivity index (χ0v) is 18.9. The first kappa shape index (κ1) is 21.6. The number of allylic oxidation sites excluding steroid dienone is 1. The van der Waals surface area contributed by atoms with Crippen molar-refractivity contribution in [2.24, 2.45) is 0 Å². The third-order valence-corrected chi connectivity index (χ3v) is 6.00. The zero-order chi connectivity index (χ0) is 23.8. The van der Waals surface area contributed by atoms with E-state index in [2.05, 4.69) is 0 Å². The summed E-state index contributed by atoms with van der Waals surface area (Å²) in [5.41, 5.74) is 2.66. The van der Waals surface area contributed by atoms with Crippen LogP contribution in [0.1, 0.15) is 39.4 Å². The van der Waals surface area contributed by atoms with Crippen LogP contribution in [0, 0.1) is 0 Å². The molecule has 3 aromatic carbocycles. The average molecular weight is 458 g/mol. The molecule has 0 radical (unpaired) electrons. The quantitative estimate of drug-likeness (QED) is 0.310. The highest BCUT2D eigenvalue weighted by Crippen LogP contribution is 2.49. The van der Waals surface area contributed by atoms with Crippen molar-refractivity contribution in [1.82, 2.24) is 0 Å². The molecule has 0 bridgehead atoms. The predicted octanol–water partition coefficient (Wildman–Crippen LogP) is 4.77. The fourth-order valence-electron chi connectivity index (χ4n) is 4.38. The van der Waals surface area contributed by atoms with Gasteiger partial charge in [0.2, 0.25) is 5.78 Å². The van der Waals surface area contributed by atoms with E-state index in [-0.39, 0.29) is 29.9 Å². The van der Waals surface area contributed by atoms with Gasteiger partial charge in [-0.2, -0.15) is 0 Å². The van der Waals surface area contributed by atoms with Gasteiger partial charge in [-0.1, -0.05) is 30.3 Å². The molecule has 0 N–H and O–H groups in total. The van der Waals surface area contributed by atoms with Gasteiger partial charge >= 0.3 is 5.97 Å². The third kappa shape index (κ3) is 3.55. The first-order chi connectivity index (χ1) is 16.5. The maximum atomic E-state index is 13.3. The minimum absolute atomic E-state index is 0.137. The smallest absolute Gasteiger partial charge is 0.312 e. The number of ketones is 1. The monoisotopic (exact) mass is 458 g/mol. The zero-order valence-electron chi connectivity index (χ0n) is 18.9. The molecule has 172 valence electrons. The Balaban J connectivity index is 1.61. The molecule has 1 unspecified atom stereocenters. The van der Waals surface area contributed by atoms with Crippen LogP contribution >= 0.6 is 0 Å². The molecule has 1 atom stereocenters. The number of ether oxygens (including phenoxy) is 5. The van der Waals surface area contributed by atoms with Crippen molar-refractivity contribution in [2.45, 2.75) is 12.3 Å². The Kier molecular flexibility index (Phi) is 5.45. The Morgan fingerprint density at radius 2 is 1.56 bits per heavy atom. The number of carbonyl (C=O) groups is 2. The summed E-state index contributed by atoms with van der Waals surface area (Å²) in [6.07, 6.45) is 1.77. The van der Waals surface area contributed by atoms with Crippen LogP contribution in [0.15, 0.2) is 60.4 Å². The second-order valence-corrected chi connectivity index (χ2v) is 7.88. The normalized spacial score (nSPS) is 17.5. The largest absolute Gasteiger partial charge is 0.496 e. The molecule has 0 saturated carbocycles. The molecule has 0 spiro atoms. The predicted molar refractivity (Wildman–Crippen MR) is 124 cm³/mol. The molecule has 0 amide bonds. The molecule has 0 saturated heterocycles. The van der Waals surface area contributed by atoms with Crippen LogP contribution in [0.3, 0.4) is 0 Å². The van der Waals surface area contributed by atoms with Gasteiger partial charge < -0.3 is 23.7 Å². The topological polar surface area (TPSA) is 80.3 Å². The number of benzene rings is 3. The Morgan fingerprint density at radius 1 is 0.853 bits per heavy atom. The van der Waals surface area contributed by atoms with Gasteiger partial charge in [0.25, 0.3) is 0 Å². The Hall–Kier alpha value is -4.26. The van der Waals surface area contributed by atoms with Crippen LogP contribution in [-0.2, 0) is 4.79 Å². The number of esters is 1. The van der Waals surface area contributed by atoms with Crippen LogP contribution in [0.25, 0.3) is 6.08 Å². The molecule has 0 aromatic heterocycles. The molecular formula is C27H22O7. The molecule has 5 rings (SSSR count). The summed E-state index contributed by atoms with van der Waals surface area (Å²) >= 11 is 0. The lowest BCUT2D eigenvalue weighted by Crippen LogP contribution is -2.21. The molecular weight excluding hydrogens is 436 g/mol. The Labute approximate surface area is 196 Å². The summed E-state index contributed by atoms with van der Waals surface area (Å²) in [5.74, 6) is 1.57. The van der Waals surface area contributed by atoms with Gasteiger partial charge in [0.1, 0.15) is 17.2 Å². The van der Waals surface area contributed by atoms with Crippen LogP contribution in [0.2, 0.25) is 0 Å². The second-order valence-electron chi connectivity index (χ2n) is 7.88. The van der Waals surface area contributed by atoms with Gasteiger partial charge in [-0.05, 0) is 29.8 Å². The van der Waals surface area contributed by atoms with Crippen molar-refractivity contribution in [2.75, 3.05) is 21.3 Å². The highest BCUT2D eigenvalue weighted by Gasteiger charge is 2.38. The summed E-state index contributed by atoms with van der Waals surface area (Å²) < 4.78 is 27.8. The van der Waals surface area contributed by atoms with Crippen LogP contribution in [0.5, 0.6) is 28.7 Å². The van der Waals surface area contributed by atoms with E-state index < -0.39 is 0 Å². The van der Waals surface area contributed by atoms with E-state index in [0.29, 0.717) is 45.4 Å². The summed E-state index contributed by atoms with van der Waals surface area (Å²) in [7, 11) is 4.60. The molecule has 7 nitrogen and oxygen atoms in total. The van der Waals surface area contributed by atoms with Gasteiger partial charge in [0.05, 0.1) is 33.3 Å². The lowest BCUT2D eigenvalue weighted by atomic mass is 9.85. The molecule has 7 heteroatoms. The lowest BCUT2D eigenvalue weighted by molar-refractivity contribution is -0.135. The molecule has 3 aromatic rings. The fraction of sp³-hybridized carbons (Fsp3) is 0.185. The van der Waals surface area contributed by atoms with Gasteiger partial charge in [0.15, 0.2) is 17.3 Å². The summed E-state index contributed by atoms with van der Waals surface area (Å²) in [6, 6.07) is 16.3. The van der Waals surface area contributed by atoms with E-state index in [9.17, 15) is 9.59 Å². The van der Waals surface area contributed by atoms with E-state index in [1.165, 1.54) is 21.3 Å². The Morgan fingerprint density at radius 3 is 2.26 bits per heavy atom. The molecule has 0 aliphatic carbocycles. The van der Waals surface area contributed by atoms with Crippen molar-refractivity contribution in [3.05, 3.63) is 82.6 Å². The van der Waals surface area contributed by atoms with Crippen molar-refractivity contribution in [3.63, 3.8) is 0 Å². The molecule has 34 heavy (non-hydrogen) atoms. The van der Waals surface area contributed by atoms with Crippen LogP contribution in [0.4, 0.5) is 0 Å². The van der Waals surface area contributed by atoms with Gasteiger partial charge in [-0.3, -0.25) is 9.59 Å². The van der Waals surface area contributed by atoms with Crippen LogP contribution in [-0.4, -0.2) is 33.1 Å². The lowest BCUT2D eigenvalue weighted by Gasteiger charge is -2.26. The van der Waals surface area contributed by atoms with Gasteiger partial charge in [-0.25, -0.2) is 0 Å². The van der Waals surface area contributed by atoms with E-state index in [1.54, 1.807) is 30.3 Å². The second kappa shape index (κ2) is 8.59. The van der Waals surface area contributed by atoms with E-state index >= 15 is 0 Å². The van der Waals surface area contributed by atoms with Gasteiger partial charge in [0, 0.05) is 23.1 Å². The molecule has 2 aliphatic rings. The van der Waals surface area contributed by atoms with E-state index in [1.807, 2.05) is 30.3 Å². The van der Waals surface area contributed by atoms with E-state index in [4.69, 9.17) is 23.7 Å².